The summed E-state index contributed by atoms with van der Waals surface area (Å²) in [6, 6.07) is 17.6. The summed E-state index contributed by atoms with van der Waals surface area (Å²) in [7, 11) is 0. The van der Waals surface area contributed by atoms with E-state index in [1.807, 2.05) is 54.6 Å². The van der Waals surface area contributed by atoms with E-state index < -0.39 is 0 Å². The first-order valence-corrected chi connectivity index (χ1v) is 5.78. The molecule has 0 fully saturated rings. The number of para-hydroxylation sites is 1. The molecule has 2 aromatic rings. The molecule has 2 rings (SSSR count). The predicted molar refractivity (Wildman–Crippen MR) is 75.3 cm³/mol. The molecule has 0 atom stereocenters. The topological polar surface area (TPSA) is 9.23 Å². The van der Waals surface area contributed by atoms with Crippen molar-refractivity contribution in [1.29, 1.82) is 0 Å². The van der Waals surface area contributed by atoms with E-state index in [2.05, 4.69) is 18.4 Å². The standard InChI is InChI=1S/C17H14O/c1-2-16-12-6-7-13-17(16)18-14-8-11-15-9-4-3-5-10-15/h2-7,9-10,12-13H,1,14H2. The molecule has 88 valence electrons. The summed E-state index contributed by atoms with van der Waals surface area (Å²) in [5.74, 6) is 6.86. The first-order chi connectivity index (χ1) is 8.90. The molecular weight excluding hydrogens is 220 g/mol. The minimum atomic E-state index is 0.375. The Kier molecular flexibility index (Phi) is 4.22. The zero-order valence-corrected chi connectivity index (χ0v) is 10.1. The van der Waals surface area contributed by atoms with Crippen LogP contribution in [0.4, 0.5) is 0 Å². The molecule has 0 saturated heterocycles. The molecule has 0 N–H and O–H groups in total. The minimum absolute atomic E-state index is 0.375. The van der Waals surface area contributed by atoms with Crippen LogP contribution < -0.4 is 4.74 Å². The SMILES string of the molecule is C=Cc1ccccc1OCC#Cc1ccccc1. The van der Waals surface area contributed by atoms with E-state index in [1.54, 1.807) is 6.08 Å². The summed E-state index contributed by atoms with van der Waals surface area (Å²) in [6.45, 7) is 4.13. The van der Waals surface area contributed by atoms with Crippen molar-refractivity contribution < 1.29 is 4.74 Å². The fourth-order valence-electron chi connectivity index (χ4n) is 1.55. The molecule has 0 amide bonds. The van der Waals surface area contributed by atoms with E-state index in [1.165, 1.54) is 0 Å². The number of benzene rings is 2. The summed E-state index contributed by atoms with van der Waals surface area (Å²) in [6.07, 6.45) is 1.78. The maximum Gasteiger partial charge on any atom is 0.149 e. The summed E-state index contributed by atoms with van der Waals surface area (Å²) >= 11 is 0. The third-order valence-corrected chi connectivity index (χ3v) is 2.45. The largest absolute Gasteiger partial charge is 0.480 e. The molecule has 2 aromatic carbocycles. The van der Waals surface area contributed by atoms with Gasteiger partial charge in [0.05, 0.1) is 0 Å². The second-order valence-electron chi connectivity index (χ2n) is 3.70. The first-order valence-electron chi connectivity index (χ1n) is 5.78. The van der Waals surface area contributed by atoms with Crippen molar-refractivity contribution in [3.8, 4) is 17.6 Å². The predicted octanol–water partition coefficient (Wildman–Crippen LogP) is 3.76. The van der Waals surface area contributed by atoms with E-state index in [-0.39, 0.29) is 0 Å². The van der Waals surface area contributed by atoms with Crippen LogP contribution in [0.25, 0.3) is 6.08 Å². The second kappa shape index (κ2) is 6.32. The van der Waals surface area contributed by atoms with E-state index in [0.29, 0.717) is 6.61 Å². The Bertz CT molecular complexity index is 573. The molecule has 0 aliphatic heterocycles. The molecule has 1 nitrogen and oxygen atoms in total. The number of hydrogen-bond acceptors (Lipinski definition) is 1. The molecule has 0 radical (unpaired) electrons. The molecule has 18 heavy (non-hydrogen) atoms. The Morgan fingerprint density at radius 3 is 2.50 bits per heavy atom. The monoisotopic (exact) mass is 234 g/mol. The Morgan fingerprint density at radius 1 is 1.00 bits per heavy atom. The molecule has 0 unspecified atom stereocenters. The van der Waals surface area contributed by atoms with Gasteiger partial charge in [-0.1, -0.05) is 60.9 Å². The van der Waals surface area contributed by atoms with Gasteiger partial charge in [-0.15, -0.1) is 0 Å². The van der Waals surface area contributed by atoms with Crippen molar-refractivity contribution in [2.45, 2.75) is 0 Å². The van der Waals surface area contributed by atoms with Crippen LogP contribution in [0.1, 0.15) is 11.1 Å². The molecule has 0 aliphatic carbocycles. The van der Waals surface area contributed by atoms with Crippen LogP contribution in [0.15, 0.2) is 61.2 Å². The van der Waals surface area contributed by atoms with Crippen LogP contribution in [0.5, 0.6) is 5.75 Å². The Balaban J connectivity index is 1.97. The van der Waals surface area contributed by atoms with Gasteiger partial charge in [-0.25, -0.2) is 0 Å². The minimum Gasteiger partial charge on any atom is -0.480 e. The van der Waals surface area contributed by atoms with E-state index >= 15 is 0 Å². The number of rotatable bonds is 3. The summed E-state index contributed by atoms with van der Waals surface area (Å²) in [4.78, 5) is 0. The van der Waals surface area contributed by atoms with Crippen molar-refractivity contribution in [2.75, 3.05) is 6.61 Å². The van der Waals surface area contributed by atoms with Crippen LogP contribution in [-0.2, 0) is 0 Å². The van der Waals surface area contributed by atoms with Gasteiger partial charge >= 0.3 is 0 Å². The van der Waals surface area contributed by atoms with Gasteiger partial charge in [-0.2, -0.15) is 0 Å². The van der Waals surface area contributed by atoms with Crippen molar-refractivity contribution in [2.24, 2.45) is 0 Å². The lowest BCUT2D eigenvalue weighted by Gasteiger charge is -2.04. The van der Waals surface area contributed by atoms with Crippen LogP contribution >= 0.6 is 0 Å². The van der Waals surface area contributed by atoms with Gasteiger partial charge in [0.15, 0.2) is 0 Å². The second-order valence-corrected chi connectivity index (χ2v) is 3.70. The molecule has 0 bridgehead atoms. The molecule has 0 aromatic heterocycles. The van der Waals surface area contributed by atoms with Crippen molar-refractivity contribution in [1.82, 2.24) is 0 Å². The van der Waals surface area contributed by atoms with Crippen molar-refractivity contribution >= 4 is 6.08 Å². The maximum atomic E-state index is 5.60. The van der Waals surface area contributed by atoms with Crippen molar-refractivity contribution in [3.63, 3.8) is 0 Å². The highest BCUT2D eigenvalue weighted by molar-refractivity contribution is 5.55. The van der Waals surface area contributed by atoms with E-state index in [9.17, 15) is 0 Å². The zero-order valence-electron chi connectivity index (χ0n) is 10.1. The van der Waals surface area contributed by atoms with E-state index in [0.717, 1.165) is 16.9 Å². The highest BCUT2D eigenvalue weighted by atomic mass is 16.5. The van der Waals surface area contributed by atoms with Crippen LogP contribution in [0.3, 0.4) is 0 Å². The molecule has 1 heteroatoms. The molecule has 0 saturated carbocycles. The van der Waals surface area contributed by atoms with Gasteiger partial charge < -0.3 is 4.74 Å². The maximum absolute atomic E-state index is 5.60. The third-order valence-electron chi connectivity index (χ3n) is 2.45. The lowest BCUT2D eigenvalue weighted by molar-refractivity contribution is 0.369. The summed E-state index contributed by atoms with van der Waals surface area (Å²) in [5, 5.41) is 0. The lowest BCUT2D eigenvalue weighted by Crippen LogP contribution is -1.95. The Morgan fingerprint density at radius 2 is 1.72 bits per heavy atom. The molecule has 0 heterocycles. The zero-order chi connectivity index (χ0) is 12.6. The van der Waals surface area contributed by atoms with Crippen LogP contribution in [0, 0.1) is 11.8 Å². The normalized spacial score (nSPS) is 9.11. The average molecular weight is 234 g/mol. The van der Waals surface area contributed by atoms with Gasteiger partial charge in [0.2, 0.25) is 0 Å². The van der Waals surface area contributed by atoms with Crippen molar-refractivity contribution in [3.05, 3.63) is 72.3 Å². The Labute approximate surface area is 108 Å². The van der Waals surface area contributed by atoms with Gasteiger partial charge in [0.25, 0.3) is 0 Å². The van der Waals surface area contributed by atoms with Gasteiger partial charge in [0, 0.05) is 11.1 Å². The first kappa shape index (κ1) is 12.0. The lowest BCUT2D eigenvalue weighted by atomic mass is 10.2. The molecular formula is C17H14O. The molecule has 0 aliphatic rings. The smallest absolute Gasteiger partial charge is 0.149 e. The average Bonchev–Trinajstić information content (AvgIpc) is 2.45. The van der Waals surface area contributed by atoms with Crippen LogP contribution in [-0.4, -0.2) is 6.61 Å². The highest BCUT2D eigenvalue weighted by Gasteiger charge is 1.96. The summed E-state index contributed by atoms with van der Waals surface area (Å²) < 4.78 is 5.60. The highest BCUT2D eigenvalue weighted by Crippen LogP contribution is 2.18. The van der Waals surface area contributed by atoms with Gasteiger partial charge in [-0.3, -0.25) is 0 Å². The quantitative estimate of drug-likeness (QED) is 0.735. The Hall–Kier alpha value is -2.46. The third kappa shape index (κ3) is 3.26. The molecule has 0 spiro atoms. The fraction of sp³-hybridized carbons (Fsp3) is 0.0588. The van der Waals surface area contributed by atoms with E-state index in [4.69, 9.17) is 4.74 Å². The van der Waals surface area contributed by atoms with Crippen LogP contribution in [0.2, 0.25) is 0 Å². The number of hydrogen-bond donors (Lipinski definition) is 0. The van der Waals surface area contributed by atoms with Gasteiger partial charge in [0.1, 0.15) is 12.4 Å². The van der Waals surface area contributed by atoms with Gasteiger partial charge in [-0.05, 0) is 18.2 Å². The number of ether oxygens (including phenoxy) is 1. The fourth-order valence-corrected chi connectivity index (χ4v) is 1.55. The summed E-state index contributed by atoms with van der Waals surface area (Å²) in [5.41, 5.74) is 1.98.